The Labute approximate surface area is 164 Å². The van der Waals surface area contributed by atoms with E-state index in [0.717, 1.165) is 36.6 Å². The average molecular weight is 387 g/mol. The Hall–Kier alpha value is -2.53. The molecule has 1 aliphatic heterocycles. The molecule has 0 saturated carbocycles. The summed E-state index contributed by atoms with van der Waals surface area (Å²) in [6.07, 6.45) is 1.58. The van der Waals surface area contributed by atoms with Gasteiger partial charge in [-0.2, -0.15) is 0 Å². The molecule has 0 atom stereocenters. The number of piperidine rings is 1. The molecule has 27 heavy (non-hydrogen) atoms. The molecule has 0 radical (unpaired) electrons. The second-order valence-electron chi connectivity index (χ2n) is 6.53. The Bertz CT molecular complexity index is 799. The second-order valence-corrected chi connectivity index (χ2v) is 6.96. The van der Waals surface area contributed by atoms with Gasteiger partial charge in [0.15, 0.2) is 0 Å². The van der Waals surface area contributed by atoms with Crippen LogP contribution in [0.5, 0.6) is 0 Å². The highest BCUT2D eigenvalue weighted by Gasteiger charge is 2.25. The van der Waals surface area contributed by atoms with Crippen LogP contribution in [0.2, 0.25) is 5.02 Å². The van der Waals surface area contributed by atoms with Crippen LogP contribution in [0.1, 0.15) is 30.1 Å². The zero-order valence-corrected chi connectivity index (χ0v) is 16.0. The first-order chi connectivity index (χ1) is 13.1. The lowest BCUT2D eigenvalue weighted by atomic mass is 9.95. The first-order valence-corrected chi connectivity index (χ1v) is 9.53. The lowest BCUT2D eigenvalue weighted by molar-refractivity contribution is -0.120. The Morgan fingerprint density at radius 2 is 1.85 bits per heavy atom. The average Bonchev–Trinajstić information content (AvgIpc) is 2.69. The van der Waals surface area contributed by atoms with Crippen molar-refractivity contribution < 1.29 is 14.3 Å². The predicted molar refractivity (Wildman–Crippen MR) is 107 cm³/mol. The van der Waals surface area contributed by atoms with Gasteiger partial charge in [-0.15, -0.1) is 0 Å². The molecule has 0 unspecified atom stereocenters. The molecule has 2 aromatic carbocycles. The summed E-state index contributed by atoms with van der Waals surface area (Å²) in [7, 11) is 0. The summed E-state index contributed by atoms with van der Waals surface area (Å²) in [5.41, 5.74) is 2.26. The summed E-state index contributed by atoms with van der Waals surface area (Å²) in [5.74, 6) is -0.362. The monoisotopic (exact) mass is 386 g/mol. The van der Waals surface area contributed by atoms with Crippen LogP contribution in [0, 0.1) is 5.92 Å². The van der Waals surface area contributed by atoms with Crippen LogP contribution in [-0.4, -0.2) is 31.6 Å². The van der Waals surface area contributed by atoms with E-state index in [0.29, 0.717) is 17.9 Å². The summed E-state index contributed by atoms with van der Waals surface area (Å²) in [4.78, 5) is 26.5. The van der Waals surface area contributed by atoms with E-state index in [9.17, 15) is 9.59 Å². The van der Waals surface area contributed by atoms with Gasteiger partial charge >= 0.3 is 5.97 Å². The van der Waals surface area contributed by atoms with Gasteiger partial charge in [0.2, 0.25) is 5.91 Å². The maximum Gasteiger partial charge on any atom is 0.338 e. The molecule has 1 amide bonds. The van der Waals surface area contributed by atoms with E-state index in [2.05, 4.69) is 10.2 Å². The molecule has 3 rings (SSSR count). The Morgan fingerprint density at radius 3 is 2.48 bits per heavy atom. The number of carbonyl (C=O) groups is 2. The number of amides is 1. The Kier molecular flexibility index (Phi) is 6.35. The van der Waals surface area contributed by atoms with Gasteiger partial charge in [0.25, 0.3) is 0 Å². The van der Waals surface area contributed by atoms with E-state index < -0.39 is 0 Å². The molecular weight excluding hydrogens is 364 g/mol. The van der Waals surface area contributed by atoms with Gasteiger partial charge in [-0.25, -0.2) is 4.79 Å². The summed E-state index contributed by atoms with van der Waals surface area (Å²) in [5, 5.41) is 3.66. The third-order valence-electron chi connectivity index (χ3n) is 4.70. The summed E-state index contributed by atoms with van der Waals surface area (Å²) < 4.78 is 4.96. The molecule has 1 heterocycles. The largest absolute Gasteiger partial charge is 0.462 e. The maximum absolute atomic E-state index is 12.5. The molecule has 0 aromatic heterocycles. The van der Waals surface area contributed by atoms with Crippen molar-refractivity contribution in [3.63, 3.8) is 0 Å². The molecule has 2 aromatic rings. The molecule has 0 spiro atoms. The van der Waals surface area contributed by atoms with E-state index in [1.807, 2.05) is 24.3 Å². The molecule has 1 saturated heterocycles. The first-order valence-electron chi connectivity index (χ1n) is 9.15. The Morgan fingerprint density at radius 1 is 1.15 bits per heavy atom. The second kappa shape index (κ2) is 8.91. The lowest BCUT2D eigenvalue weighted by Gasteiger charge is -2.33. The van der Waals surface area contributed by atoms with Gasteiger partial charge in [-0.1, -0.05) is 17.7 Å². The van der Waals surface area contributed by atoms with Gasteiger partial charge in [-0.05, 0) is 62.2 Å². The third-order valence-corrected chi connectivity index (χ3v) is 4.94. The number of carbonyl (C=O) groups excluding carboxylic acids is 2. The topological polar surface area (TPSA) is 58.6 Å². The van der Waals surface area contributed by atoms with Crippen molar-refractivity contribution in [2.24, 2.45) is 5.92 Å². The number of ether oxygens (including phenoxy) is 1. The van der Waals surface area contributed by atoms with Crippen molar-refractivity contribution in [1.29, 1.82) is 0 Å². The van der Waals surface area contributed by atoms with Crippen LogP contribution in [-0.2, 0) is 9.53 Å². The number of hydrogen-bond donors (Lipinski definition) is 1. The zero-order chi connectivity index (χ0) is 19.2. The molecular formula is C21H23ClN2O3. The van der Waals surface area contributed by atoms with Crippen molar-refractivity contribution >= 4 is 34.9 Å². The van der Waals surface area contributed by atoms with Crippen molar-refractivity contribution in [2.45, 2.75) is 19.8 Å². The number of anilines is 2. The van der Waals surface area contributed by atoms with E-state index in [1.165, 1.54) is 0 Å². The van der Waals surface area contributed by atoms with Crippen LogP contribution in [0.15, 0.2) is 48.5 Å². The van der Waals surface area contributed by atoms with Crippen molar-refractivity contribution in [3.05, 3.63) is 59.1 Å². The normalized spacial score (nSPS) is 14.7. The highest BCUT2D eigenvalue weighted by molar-refractivity contribution is 6.30. The SMILES string of the molecule is CCOC(=O)c1ccc(NC(=O)C2CCN(c3cccc(Cl)c3)CC2)cc1. The summed E-state index contributed by atoms with van der Waals surface area (Å²) in [6.45, 7) is 3.75. The van der Waals surface area contributed by atoms with Gasteiger partial charge in [0.1, 0.15) is 0 Å². The van der Waals surface area contributed by atoms with Crippen LogP contribution in [0.3, 0.4) is 0 Å². The van der Waals surface area contributed by atoms with Crippen molar-refractivity contribution in [1.82, 2.24) is 0 Å². The molecule has 0 aliphatic carbocycles. The van der Waals surface area contributed by atoms with Gasteiger partial charge in [-0.3, -0.25) is 4.79 Å². The van der Waals surface area contributed by atoms with E-state index in [1.54, 1.807) is 31.2 Å². The number of esters is 1. The number of nitrogens with one attached hydrogen (secondary N) is 1. The van der Waals surface area contributed by atoms with Crippen molar-refractivity contribution in [2.75, 3.05) is 29.9 Å². The Balaban J connectivity index is 1.53. The van der Waals surface area contributed by atoms with Gasteiger partial charge in [0, 0.05) is 35.4 Å². The van der Waals surface area contributed by atoms with E-state index in [-0.39, 0.29) is 17.8 Å². The van der Waals surface area contributed by atoms with Crippen LogP contribution < -0.4 is 10.2 Å². The van der Waals surface area contributed by atoms with Gasteiger partial charge < -0.3 is 15.0 Å². The van der Waals surface area contributed by atoms with Crippen LogP contribution in [0.4, 0.5) is 11.4 Å². The number of benzene rings is 2. The van der Waals surface area contributed by atoms with Gasteiger partial charge in [0.05, 0.1) is 12.2 Å². The molecule has 5 nitrogen and oxygen atoms in total. The highest BCUT2D eigenvalue weighted by atomic mass is 35.5. The molecule has 142 valence electrons. The molecule has 1 fully saturated rings. The summed E-state index contributed by atoms with van der Waals surface area (Å²) in [6, 6.07) is 14.6. The third kappa shape index (κ3) is 5.01. The fraction of sp³-hybridized carbons (Fsp3) is 0.333. The minimum Gasteiger partial charge on any atom is -0.462 e. The van der Waals surface area contributed by atoms with Crippen molar-refractivity contribution in [3.8, 4) is 0 Å². The smallest absolute Gasteiger partial charge is 0.338 e. The van der Waals surface area contributed by atoms with Crippen LogP contribution in [0.25, 0.3) is 0 Å². The highest BCUT2D eigenvalue weighted by Crippen LogP contribution is 2.26. The molecule has 1 aliphatic rings. The van der Waals surface area contributed by atoms with Crippen LogP contribution >= 0.6 is 11.6 Å². The first kappa shape index (κ1) is 19.2. The zero-order valence-electron chi connectivity index (χ0n) is 15.3. The summed E-state index contributed by atoms with van der Waals surface area (Å²) >= 11 is 6.06. The number of nitrogens with zero attached hydrogens (tertiary/aromatic N) is 1. The quantitative estimate of drug-likeness (QED) is 0.775. The number of halogens is 1. The molecule has 0 bridgehead atoms. The van der Waals surface area contributed by atoms with E-state index in [4.69, 9.17) is 16.3 Å². The number of hydrogen-bond acceptors (Lipinski definition) is 4. The molecule has 6 heteroatoms. The minimum atomic E-state index is -0.358. The predicted octanol–water partition coefficient (Wildman–Crippen LogP) is 4.37. The fourth-order valence-corrected chi connectivity index (χ4v) is 3.41. The lowest BCUT2D eigenvalue weighted by Crippen LogP contribution is -2.38. The molecule has 1 N–H and O–H groups in total. The standard InChI is InChI=1S/C21H23ClN2O3/c1-2-27-21(26)16-6-8-18(9-7-16)23-20(25)15-10-12-24(13-11-15)19-5-3-4-17(22)14-19/h3-9,14-15H,2,10-13H2,1H3,(H,23,25). The minimum absolute atomic E-state index is 0.0182. The maximum atomic E-state index is 12.5. The number of rotatable bonds is 5. The van der Waals surface area contributed by atoms with E-state index >= 15 is 0 Å². The fourth-order valence-electron chi connectivity index (χ4n) is 3.22.